The quantitative estimate of drug-likeness (QED) is 0.726. The van der Waals surface area contributed by atoms with Crippen molar-refractivity contribution < 1.29 is 23.0 Å². The fraction of sp³-hybridized carbons (Fsp3) is 0.625. The molecule has 1 amide bonds. The van der Waals surface area contributed by atoms with E-state index in [1.54, 1.807) is 30.3 Å². The average molecular weight is 343 g/mol. The smallest absolute Gasteiger partial charge is 0.256 e. The Balaban J connectivity index is 1.87. The van der Waals surface area contributed by atoms with Crippen LogP contribution in [0.5, 0.6) is 5.88 Å². The van der Waals surface area contributed by atoms with Crippen molar-refractivity contribution in [2.45, 2.75) is 25.3 Å². The van der Waals surface area contributed by atoms with Crippen LogP contribution in [-0.2, 0) is 4.74 Å². The molecule has 1 aromatic rings. The van der Waals surface area contributed by atoms with Gasteiger partial charge in [0.25, 0.3) is 12.3 Å². The molecule has 2 rings (SSSR count). The number of hydrogen-bond donors (Lipinski definition) is 1. The third-order valence-electron chi connectivity index (χ3n) is 3.86. The van der Waals surface area contributed by atoms with Gasteiger partial charge in [0.1, 0.15) is 12.2 Å². The van der Waals surface area contributed by atoms with Crippen LogP contribution < -0.4 is 10.1 Å². The molecule has 8 heteroatoms. The van der Waals surface area contributed by atoms with Gasteiger partial charge >= 0.3 is 0 Å². The van der Waals surface area contributed by atoms with Gasteiger partial charge in [-0.1, -0.05) is 0 Å². The molecule has 0 bridgehead atoms. The number of amides is 1. The van der Waals surface area contributed by atoms with E-state index in [0.717, 1.165) is 0 Å². The number of carbonyl (C=O) groups excluding carboxylic acids is 1. The molecule has 1 aromatic heterocycles. The molecule has 0 atom stereocenters. The van der Waals surface area contributed by atoms with Crippen molar-refractivity contribution in [3.8, 4) is 5.88 Å². The number of pyridine rings is 1. The van der Waals surface area contributed by atoms with Crippen LogP contribution in [-0.4, -0.2) is 68.2 Å². The minimum absolute atomic E-state index is 0.0292. The van der Waals surface area contributed by atoms with Crippen LogP contribution in [0.2, 0.25) is 0 Å². The monoisotopic (exact) mass is 343 g/mol. The van der Waals surface area contributed by atoms with E-state index in [0.29, 0.717) is 44.7 Å². The normalized spacial score (nSPS) is 16.3. The van der Waals surface area contributed by atoms with E-state index >= 15 is 0 Å². The maximum Gasteiger partial charge on any atom is 0.256 e. The molecule has 1 aliphatic rings. The van der Waals surface area contributed by atoms with E-state index < -0.39 is 6.43 Å². The Labute approximate surface area is 140 Å². The summed E-state index contributed by atoms with van der Waals surface area (Å²) in [6, 6.07) is 3.29. The first-order chi connectivity index (χ1) is 11.6. The predicted molar refractivity (Wildman–Crippen MR) is 84.5 cm³/mol. The topological polar surface area (TPSA) is 63.7 Å². The zero-order valence-electron chi connectivity index (χ0n) is 13.7. The van der Waals surface area contributed by atoms with Crippen LogP contribution in [0.1, 0.15) is 23.2 Å². The number of rotatable bonds is 8. The third-order valence-corrected chi connectivity index (χ3v) is 3.86. The minimum atomic E-state index is -2.32. The number of aromatic nitrogens is 1. The molecular weight excluding hydrogens is 320 g/mol. The minimum Gasteiger partial charge on any atom is -0.475 e. The first kappa shape index (κ1) is 18.5. The maximum absolute atomic E-state index is 12.4. The molecule has 0 spiro atoms. The number of methoxy groups -OCH3 is 1. The van der Waals surface area contributed by atoms with Gasteiger partial charge in [-0.2, -0.15) is 0 Å². The van der Waals surface area contributed by atoms with Crippen molar-refractivity contribution in [1.82, 2.24) is 15.2 Å². The molecule has 1 aliphatic heterocycles. The molecular formula is C16H23F2N3O3. The van der Waals surface area contributed by atoms with Crippen molar-refractivity contribution in [1.29, 1.82) is 0 Å². The molecule has 2 heterocycles. The Morgan fingerprint density at radius 3 is 2.83 bits per heavy atom. The number of nitrogens with zero attached hydrogens (tertiary/aromatic N) is 2. The van der Waals surface area contributed by atoms with Gasteiger partial charge in [0.05, 0.1) is 13.2 Å². The Hall–Kier alpha value is -1.80. The number of halogens is 2. The van der Waals surface area contributed by atoms with Gasteiger partial charge in [-0.3, -0.25) is 9.69 Å². The molecule has 6 nitrogen and oxygen atoms in total. The summed E-state index contributed by atoms with van der Waals surface area (Å²) in [6.45, 7) is 1.61. The van der Waals surface area contributed by atoms with Crippen molar-refractivity contribution in [2.24, 2.45) is 0 Å². The van der Waals surface area contributed by atoms with E-state index in [2.05, 4.69) is 10.3 Å². The van der Waals surface area contributed by atoms with Crippen LogP contribution >= 0.6 is 0 Å². The van der Waals surface area contributed by atoms with Gasteiger partial charge in [-0.15, -0.1) is 0 Å². The fourth-order valence-electron chi connectivity index (χ4n) is 2.62. The molecule has 24 heavy (non-hydrogen) atoms. The lowest BCUT2D eigenvalue weighted by Gasteiger charge is -2.32. The molecule has 0 aliphatic carbocycles. The maximum atomic E-state index is 12.4. The van der Waals surface area contributed by atoms with Gasteiger partial charge < -0.3 is 14.8 Å². The molecule has 134 valence electrons. The highest BCUT2D eigenvalue weighted by Crippen LogP contribution is 2.17. The Bertz CT molecular complexity index is 523. The second-order valence-electron chi connectivity index (χ2n) is 5.64. The molecule has 1 fully saturated rings. The highest BCUT2D eigenvalue weighted by Gasteiger charge is 2.24. The lowest BCUT2D eigenvalue weighted by molar-refractivity contribution is 0.0694. The van der Waals surface area contributed by atoms with Crippen LogP contribution in [0.25, 0.3) is 0 Å². The van der Waals surface area contributed by atoms with Gasteiger partial charge in [0.15, 0.2) is 0 Å². The zero-order chi connectivity index (χ0) is 17.4. The summed E-state index contributed by atoms with van der Waals surface area (Å²) < 4.78 is 35.1. The molecule has 0 radical (unpaired) electrons. The van der Waals surface area contributed by atoms with E-state index in [4.69, 9.17) is 9.47 Å². The molecule has 0 saturated carbocycles. The molecule has 0 aromatic carbocycles. The Morgan fingerprint density at radius 1 is 1.42 bits per heavy atom. The van der Waals surface area contributed by atoms with Crippen molar-refractivity contribution in [2.75, 3.05) is 40.0 Å². The van der Waals surface area contributed by atoms with Crippen molar-refractivity contribution in [3.05, 3.63) is 23.9 Å². The lowest BCUT2D eigenvalue weighted by atomic mass is 10.0. The molecule has 1 saturated heterocycles. The number of alkyl halides is 2. The van der Waals surface area contributed by atoms with Gasteiger partial charge in [0.2, 0.25) is 5.88 Å². The number of nitrogens with one attached hydrogen (secondary N) is 1. The molecule has 1 N–H and O–H groups in total. The number of piperidine rings is 1. The summed E-state index contributed by atoms with van der Waals surface area (Å²) in [6.07, 6.45) is 0.539. The molecule has 0 unspecified atom stereocenters. The fourth-order valence-corrected chi connectivity index (χ4v) is 2.62. The van der Waals surface area contributed by atoms with E-state index in [1.165, 1.54) is 0 Å². The first-order valence-corrected chi connectivity index (χ1v) is 7.98. The largest absolute Gasteiger partial charge is 0.475 e. The third kappa shape index (κ3) is 5.68. The number of hydrogen-bond acceptors (Lipinski definition) is 5. The van der Waals surface area contributed by atoms with Crippen LogP contribution in [0, 0.1) is 0 Å². The average Bonchev–Trinajstić information content (AvgIpc) is 2.57. The first-order valence-electron chi connectivity index (χ1n) is 7.98. The van der Waals surface area contributed by atoms with Gasteiger partial charge in [-0.25, -0.2) is 13.8 Å². The number of ether oxygens (including phenoxy) is 2. The lowest BCUT2D eigenvalue weighted by Crippen LogP contribution is -2.45. The Kier molecular flexibility index (Phi) is 7.33. The highest BCUT2D eigenvalue weighted by atomic mass is 19.3. The van der Waals surface area contributed by atoms with Crippen LogP contribution in [0.15, 0.2) is 18.3 Å². The number of carbonyl (C=O) groups is 1. The van der Waals surface area contributed by atoms with Crippen molar-refractivity contribution >= 4 is 5.91 Å². The van der Waals surface area contributed by atoms with Gasteiger partial charge in [-0.05, 0) is 25.0 Å². The van der Waals surface area contributed by atoms with E-state index in [1.807, 2.05) is 0 Å². The zero-order valence-corrected chi connectivity index (χ0v) is 13.7. The predicted octanol–water partition coefficient (Wildman–Crippen LogP) is 1.57. The summed E-state index contributed by atoms with van der Waals surface area (Å²) in [5, 5.41) is 2.94. The second kappa shape index (κ2) is 9.48. The Morgan fingerprint density at radius 2 is 2.17 bits per heavy atom. The van der Waals surface area contributed by atoms with E-state index in [-0.39, 0.29) is 24.4 Å². The summed E-state index contributed by atoms with van der Waals surface area (Å²) in [7, 11) is 1.57. The standard InChI is InChI=1S/C16H23F2N3O3/c1-23-9-10-24-16-13(3-2-6-19-16)15(22)20-12-4-7-21(8-5-12)11-14(17)18/h2-3,6,12,14H,4-5,7-11H2,1H3,(H,20,22). The summed E-state index contributed by atoms with van der Waals surface area (Å²) in [4.78, 5) is 18.2. The summed E-state index contributed by atoms with van der Waals surface area (Å²) in [5.41, 5.74) is 0.364. The van der Waals surface area contributed by atoms with Crippen LogP contribution in [0.4, 0.5) is 8.78 Å². The second-order valence-corrected chi connectivity index (χ2v) is 5.64. The highest BCUT2D eigenvalue weighted by molar-refractivity contribution is 5.96. The number of likely N-dealkylation sites (tertiary alicyclic amines) is 1. The van der Waals surface area contributed by atoms with Crippen molar-refractivity contribution in [3.63, 3.8) is 0 Å². The van der Waals surface area contributed by atoms with Crippen LogP contribution in [0.3, 0.4) is 0 Å². The summed E-state index contributed by atoms with van der Waals surface area (Å²) >= 11 is 0. The summed E-state index contributed by atoms with van der Waals surface area (Å²) in [5.74, 6) is 0.00464. The SMILES string of the molecule is COCCOc1ncccc1C(=O)NC1CCN(CC(F)F)CC1. The van der Waals surface area contributed by atoms with E-state index in [9.17, 15) is 13.6 Å². The van der Waals surface area contributed by atoms with Gasteiger partial charge in [0, 0.05) is 32.4 Å².